The van der Waals surface area contributed by atoms with Crippen molar-refractivity contribution >= 4 is 5.97 Å². The Hall–Kier alpha value is -0.870. The van der Waals surface area contributed by atoms with E-state index in [1.165, 1.54) is 0 Å². The summed E-state index contributed by atoms with van der Waals surface area (Å²) in [6.07, 6.45) is 3.82. The van der Waals surface area contributed by atoms with Crippen LogP contribution in [0.4, 0.5) is 0 Å². The Bertz CT molecular complexity index is 250. The number of carboxylic acid groups (broad SMARTS) is 1. The quantitative estimate of drug-likeness (QED) is 0.658. The average Bonchev–Trinajstić information content (AvgIpc) is 2.53. The number of carbonyl (C=O) groups is 1. The number of aliphatic carboxylic acids is 1. The molecule has 0 bridgehead atoms. The van der Waals surface area contributed by atoms with Gasteiger partial charge in [0.05, 0.1) is 13.2 Å². The van der Waals surface area contributed by atoms with Gasteiger partial charge in [0.2, 0.25) is 0 Å². The van der Waals surface area contributed by atoms with E-state index in [1.54, 1.807) is 6.08 Å². The Kier molecular flexibility index (Phi) is 2.09. The molecule has 13 heavy (non-hydrogen) atoms. The maximum absolute atomic E-state index is 10.7. The Labute approximate surface area is 76.1 Å². The van der Waals surface area contributed by atoms with E-state index in [-0.39, 0.29) is 0 Å². The number of carboxylic acids is 1. The van der Waals surface area contributed by atoms with Crippen molar-refractivity contribution in [3.05, 3.63) is 11.6 Å². The first-order valence-electron chi connectivity index (χ1n) is 4.45. The molecule has 1 fully saturated rings. The summed E-state index contributed by atoms with van der Waals surface area (Å²) in [5, 5.41) is 8.80. The van der Waals surface area contributed by atoms with Crippen LogP contribution in [0.15, 0.2) is 11.6 Å². The third-order valence-electron chi connectivity index (χ3n) is 2.42. The zero-order chi connectivity index (χ0) is 9.31. The minimum atomic E-state index is -0.863. The van der Waals surface area contributed by atoms with Gasteiger partial charge in [-0.2, -0.15) is 0 Å². The fourth-order valence-corrected chi connectivity index (χ4v) is 1.80. The summed E-state index contributed by atoms with van der Waals surface area (Å²) in [6, 6.07) is 0. The van der Waals surface area contributed by atoms with Gasteiger partial charge in [-0.25, -0.2) is 4.79 Å². The molecule has 0 aromatic heterocycles. The molecule has 1 aliphatic heterocycles. The highest BCUT2D eigenvalue weighted by atomic mass is 16.7. The van der Waals surface area contributed by atoms with E-state index >= 15 is 0 Å². The Morgan fingerprint density at radius 2 is 2.15 bits per heavy atom. The largest absolute Gasteiger partial charge is 0.478 e. The molecule has 0 amide bonds. The summed E-state index contributed by atoms with van der Waals surface area (Å²) < 4.78 is 10.8. The van der Waals surface area contributed by atoms with Gasteiger partial charge >= 0.3 is 5.97 Å². The zero-order valence-corrected chi connectivity index (χ0v) is 7.28. The van der Waals surface area contributed by atoms with Gasteiger partial charge in [-0.1, -0.05) is 0 Å². The van der Waals surface area contributed by atoms with Crippen LogP contribution in [0.1, 0.15) is 19.3 Å². The van der Waals surface area contributed by atoms with Gasteiger partial charge in [0.15, 0.2) is 5.79 Å². The topological polar surface area (TPSA) is 55.8 Å². The van der Waals surface area contributed by atoms with Crippen LogP contribution in [0.3, 0.4) is 0 Å². The van der Waals surface area contributed by atoms with Crippen LogP contribution < -0.4 is 0 Å². The molecule has 0 radical (unpaired) electrons. The summed E-state index contributed by atoms with van der Waals surface area (Å²) in [6.45, 7) is 1.12. The first-order chi connectivity index (χ1) is 6.22. The van der Waals surface area contributed by atoms with Gasteiger partial charge in [0.25, 0.3) is 0 Å². The van der Waals surface area contributed by atoms with Crippen LogP contribution in [-0.4, -0.2) is 30.1 Å². The molecule has 4 nitrogen and oxygen atoms in total. The normalized spacial score (nSPS) is 26.0. The molecule has 1 aliphatic carbocycles. The van der Waals surface area contributed by atoms with Crippen molar-refractivity contribution in [3.63, 3.8) is 0 Å². The van der Waals surface area contributed by atoms with Crippen molar-refractivity contribution in [1.29, 1.82) is 0 Å². The molecule has 72 valence electrons. The monoisotopic (exact) mass is 184 g/mol. The maximum atomic E-state index is 10.7. The standard InChI is InChI=1S/C9H12O4/c10-8(11)7-2-1-3-9(6-7)12-4-5-13-9/h6H,1-5H2,(H,10,11). The van der Waals surface area contributed by atoms with Crippen molar-refractivity contribution in [2.24, 2.45) is 0 Å². The Balaban J connectivity index is 2.21. The van der Waals surface area contributed by atoms with Crippen LogP contribution in [0.25, 0.3) is 0 Å². The minimum absolute atomic E-state index is 0.410. The van der Waals surface area contributed by atoms with Gasteiger partial charge in [-0.3, -0.25) is 0 Å². The fraction of sp³-hybridized carbons (Fsp3) is 0.667. The second kappa shape index (κ2) is 3.12. The summed E-state index contributed by atoms with van der Waals surface area (Å²) in [7, 11) is 0. The van der Waals surface area contributed by atoms with Gasteiger partial charge in [0.1, 0.15) is 0 Å². The lowest BCUT2D eigenvalue weighted by Crippen LogP contribution is -2.31. The van der Waals surface area contributed by atoms with Gasteiger partial charge < -0.3 is 14.6 Å². The number of hydrogen-bond acceptors (Lipinski definition) is 3. The molecule has 1 heterocycles. The van der Waals surface area contributed by atoms with Crippen LogP contribution in [0, 0.1) is 0 Å². The Morgan fingerprint density at radius 3 is 2.77 bits per heavy atom. The van der Waals surface area contributed by atoms with Gasteiger partial charge in [-0.05, 0) is 18.9 Å². The molecular weight excluding hydrogens is 172 g/mol. The maximum Gasteiger partial charge on any atom is 0.331 e. The smallest absolute Gasteiger partial charge is 0.331 e. The molecule has 1 spiro atoms. The van der Waals surface area contributed by atoms with Crippen molar-refractivity contribution in [2.75, 3.05) is 13.2 Å². The molecule has 1 saturated heterocycles. The highest BCUT2D eigenvalue weighted by molar-refractivity contribution is 5.86. The van der Waals surface area contributed by atoms with E-state index in [0.717, 1.165) is 12.8 Å². The Morgan fingerprint density at radius 1 is 1.46 bits per heavy atom. The highest BCUT2D eigenvalue weighted by Crippen LogP contribution is 2.33. The molecule has 0 unspecified atom stereocenters. The van der Waals surface area contributed by atoms with E-state index in [1.807, 2.05) is 0 Å². The molecular formula is C9H12O4. The van der Waals surface area contributed by atoms with Gasteiger partial charge in [0, 0.05) is 12.0 Å². The van der Waals surface area contributed by atoms with Crippen molar-refractivity contribution in [1.82, 2.24) is 0 Å². The first-order valence-corrected chi connectivity index (χ1v) is 4.45. The van der Waals surface area contributed by atoms with Crippen LogP contribution in [0.2, 0.25) is 0 Å². The summed E-state index contributed by atoms with van der Waals surface area (Å²) >= 11 is 0. The van der Waals surface area contributed by atoms with Crippen molar-refractivity contribution in [3.8, 4) is 0 Å². The lowest BCUT2D eigenvalue weighted by molar-refractivity contribution is -0.138. The molecule has 0 saturated carbocycles. The number of rotatable bonds is 1. The van der Waals surface area contributed by atoms with Crippen LogP contribution >= 0.6 is 0 Å². The lowest BCUT2D eigenvalue weighted by Gasteiger charge is -2.28. The van der Waals surface area contributed by atoms with Crippen LogP contribution in [0.5, 0.6) is 0 Å². The molecule has 4 heteroatoms. The van der Waals surface area contributed by atoms with E-state index in [4.69, 9.17) is 14.6 Å². The zero-order valence-electron chi connectivity index (χ0n) is 7.28. The highest BCUT2D eigenvalue weighted by Gasteiger charge is 2.37. The number of hydrogen-bond donors (Lipinski definition) is 1. The van der Waals surface area contributed by atoms with Gasteiger partial charge in [-0.15, -0.1) is 0 Å². The van der Waals surface area contributed by atoms with E-state index in [0.29, 0.717) is 25.2 Å². The SMILES string of the molecule is O=C(O)C1=CC2(CCC1)OCCO2. The third kappa shape index (κ3) is 1.59. The van der Waals surface area contributed by atoms with Crippen molar-refractivity contribution in [2.45, 2.75) is 25.0 Å². The first kappa shape index (κ1) is 8.72. The molecule has 2 aliphatic rings. The predicted molar refractivity (Wildman–Crippen MR) is 44.2 cm³/mol. The second-order valence-electron chi connectivity index (χ2n) is 3.34. The molecule has 1 N–H and O–H groups in total. The molecule has 0 atom stereocenters. The molecule has 0 aromatic rings. The van der Waals surface area contributed by atoms with E-state index in [2.05, 4.69) is 0 Å². The molecule has 2 rings (SSSR count). The van der Waals surface area contributed by atoms with E-state index < -0.39 is 11.8 Å². The summed E-state index contributed by atoms with van der Waals surface area (Å²) in [5.74, 6) is -1.58. The molecule has 0 aromatic carbocycles. The number of ether oxygens (including phenoxy) is 2. The average molecular weight is 184 g/mol. The predicted octanol–water partition coefficient (Wildman–Crippen LogP) is 0.924. The van der Waals surface area contributed by atoms with Crippen molar-refractivity contribution < 1.29 is 19.4 Å². The second-order valence-corrected chi connectivity index (χ2v) is 3.34. The lowest BCUT2D eigenvalue weighted by atomic mass is 9.95. The minimum Gasteiger partial charge on any atom is -0.478 e. The van der Waals surface area contributed by atoms with Crippen LogP contribution in [-0.2, 0) is 14.3 Å². The summed E-state index contributed by atoms with van der Waals surface area (Å²) in [5.41, 5.74) is 0.410. The summed E-state index contributed by atoms with van der Waals surface area (Å²) in [4.78, 5) is 10.7. The third-order valence-corrected chi connectivity index (χ3v) is 2.42. The van der Waals surface area contributed by atoms with E-state index in [9.17, 15) is 4.79 Å². The fourth-order valence-electron chi connectivity index (χ4n) is 1.80.